The van der Waals surface area contributed by atoms with E-state index < -0.39 is 0 Å². The number of aromatic nitrogens is 2. The van der Waals surface area contributed by atoms with Crippen LogP contribution in [0.25, 0.3) is 0 Å². The molecule has 0 saturated carbocycles. The lowest BCUT2D eigenvalue weighted by molar-refractivity contribution is 0.0702. The van der Waals surface area contributed by atoms with E-state index in [4.69, 9.17) is 0 Å². The number of hydrogen-bond acceptors (Lipinski definition) is 4. The van der Waals surface area contributed by atoms with E-state index in [1.54, 1.807) is 17.3 Å². The molecule has 1 aliphatic rings. The summed E-state index contributed by atoms with van der Waals surface area (Å²) in [5, 5.41) is 3.29. The molecular formula is C11H17ClN4O. The van der Waals surface area contributed by atoms with Crippen LogP contribution in [0.2, 0.25) is 0 Å². The summed E-state index contributed by atoms with van der Waals surface area (Å²) in [6, 6.07) is 0.267. The van der Waals surface area contributed by atoms with Crippen molar-refractivity contribution in [3.63, 3.8) is 0 Å². The largest absolute Gasteiger partial charge is 0.336 e. The number of amides is 1. The Bertz CT molecular complexity index is 354. The first-order valence-corrected chi connectivity index (χ1v) is 5.53. The standard InChI is InChI=1S/C11H16N4O.ClH/c1-15(9-3-2-4-12-7-9)11(16)10-8-13-5-6-14-10;/h5-6,8-9,12H,2-4,7H2,1H3;1H/t9-;/m0./s1. The third kappa shape index (κ3) is 3.38. The zero-order valence-corrected chi connectivity index (χ0v) is 10.6. The molecule has 2 rings (SSSR count). The quantitative estimate of drug-likeness (QED) is 0.847. The topological polar surface area (TPSA) is 58.1 Å². The van der Waals surface area contributed by atoms with Crippen molar-refractivity contribution >= 4 is 18.3 Å². The van der Waals surface area contributed by atoms with Crippen LogP contribution in [-0.2, 0) is 0 Å². The highest BCUT2D eigenvalue weighted by atomic mass is 35.5. The van der Waals surface area contributed by atoms with Gasteiger partial charge in [-0.3, -0.25) is 9.78 Å². The maximum atomic E-state index is 12.0. The average molecular weight is 257 g/mol. The Labute approximate surface area is 107 Å². The Morgan fingerprint density at radius 1 is 1.53 bits per heavy atom. The minimum Gasteiger partial charge on any atom is -0.336 e. The molecule has 6 heteroatoms. The fourth-order valence-electron chi connectivity index (χ4n) is 1.92. The molecule has 1 atom stereocenters. The third-order valence-electron chi connectivity index (χ3n) is 2.92. The van der Waals surface area contributed by atoms with Crippen LogP contribution in [0.15, 0.2) is 18.6 Å². The number of carbonyl (C=O) groups excluding carboxylic acids is 1. The van der Waals surface area contributed by atoms with E-state index in [0.29, 0.717) is 5.69 Å². The van der Waals surface area contributed by atoms with Gasteiger partial charge in [0.15, 0.2) is 0 Å². The minimum atomic E-state index is -0.0539. The van der Waals surface area contributed by atoms with Crippen molar-refractivity contribution < 1.29 is 4.79 Å². The van der Waals surface area contributed by atoms with Crippen LogP contribution >= 0.6 is 12.4 Å². The first-order chi connectivity index (χ1) is 7.79. The SMILES string of the molecule is CN(C(=O)c1cnccn1)[C@H]1CCCNC1.Cl. The van der Waals surface area contributed by atoms with Crippen molar-refractivity contribution in [2.45, 2.75) is 18.9 Å². The number of hydrogen-bond donors (Lipinski definition) is 1. The normalized spacial score (nSPS) is 19.2. The van der Waals surface area contributed by atoms with Crippen LogP contribution in [0.1, 0.15) is 23.3 Å². The number of halogens is 1. The molecule has 0 spiro atoms. The molecule has 1 aliphatic heterocycles. The lowest BCUT2D eigenvalue weighted by Gasteiger charge is -2.31. The van der Waals surface area contributed by atoms with Crippen molar-refractivity contribution in [1.82, 2.24) is 20.2 Å². The van der Waals surface area contributed by atoms with Crippen LogP contribution in [-0.4, -0.2) is 47.0 Å². The van der Waals surface area contributed by atoms with Crippen molar-refractivity contribution in [3.05, 3.63) is 24.3 Å². The Hall–Kier alpha value is -1.20. The predicted octanol–water partition coefficient (Wildman–Crippen LogP) is 0.722. The minimum absolute atomic E-state index is 0. The fraction of sp³-hybridized carbons (Fsp3) is 0.545. The molecule has 94 valence electrons. The molecule has 17 heavy (non-hydrogen) atoms. The third-order valence-corrected chi connectivity index (χ3v) is 2.92. The number of likely N-dealkylation sites (N-methyl/N-ethyl adjacent to an activating group) is 1. The summed E-state index contributed by atoms with van der Waals surface area (Å²) < 4.78 is 0. The molecule has 1 saturated heterocycles. The van der Waals surface area contributed by atoms with Gasteiger partial charge in [-0.05, 0) is 19.4 Å². The molecule has 1 N–H and O–H groups in total. The highest BCUT2D eigenvalue weighted by Gasteiger charge is 2.23. The number of nitrogens with zero attached hydrogens (tertiary/aromatic N) is 3. The highest BCUT2D eigenvalue weighted by Crippen LogP contribution is 2.10. The second-order valence-electron chi connectivity index (χ2n) is 4.01. The van der Waals surface area contributed by atoms with Crippen molar-refractivity contribution in [2.24, 2.45) is 0 Å². The predicted molar refractivity (Wildman–Crippen MR) is 67.3 cm³/mol. The van der Waals surface area contributed by atoms with E-state index in [-0.39, 0.29) is 24.4 Å². The second kappa shape index (κ2) is 6.51. The van der Waals surface area contributed by atoms with E-state index in [9.17, 15) is 4.79 Å². The smallest absolute Gasteiger partial charge is 0.274 e. The Balaban J connectivity index is 0.00000144. The van der Waals surface area contributed by atoms with Gasteiger partial charge in [0.05, 0.1) is 6.20 Å². The Kier molecular flexibility index (Phi) is 5.31. The molecule has 0 radical (unpaired) electrons. The van der Waals surface area contributed by atoms with Gasteiger partial charge in [0.1, 0.15) is 5.69 Å². The summed E-state index contributed by atoms with van der Waals surface area (Å²) in [6.07, 6.45) is 6.78. The number of carbonyl (C=O) groups is 1. The van der Waals surface area contributed by atoms with Gasteiger partial charge in [-0.1, -0.05) is 0 Å². The zero-order valence-electron chi connectivity index (χ0n) is 9.80. The molecule has 1 amide bonds. The molecule has 1 fully saturated rings. The second-order valence-corrected chi connectivity index (χ2v) is 4.01. The van der Waals surface area contributed by atoms with Crippen molar-refractivity contribution in [3.8, 4) is 0 Å². The van der Waals surface area contributed by atoms with Crippen molar-refractivity contribution in [1.29, 1.82) is 0 Å². The number of rotatable bonds is 2. The van der Waals surface area contributed by atoms with Gasteiger partial charge in [0, 0.05) is 32.0 Å². The molecule has 1 aromatic rings. The van der Waals surface area contributed by atoms with E-state index >= 15 is 0 Å². The van der Waals surface area contributed by atoms with E-state index in [2.05, 4.69) is 15.3 Å². The molecular weight excluding hydrogens is 240 g/mol. The molecule has 0 aromatic carbocycles. The zero-order chi connectivity index (χ0) is 11.4. The Morgan fingerprint density at radius 2 is 2.35 bits per heavy atom. The molecule has 0 aliphatic carbocycles. The maximum absolute atomic E-state index is 12.0. The summed E-state index contributed by atoms with van der Waals surface area (Å²) in [5.41, 5.74) is 0.413. The van der Waals surface area contributed by atoms with Gasteiger partial charge >= 0.3 is 0 Å². The van der Waals surface area contributed by atoms with Gasteiger partial charge in [0.25, 0.3) is 5.91 Å². The van der Waals surface area contributed by atoms with E-state index in [0.717, 1.165) is 25.9 Å². The van der Waals surface area contributed by atoms with Crippen LogP contribution in [0.4, 0.5) is 0 Å². The highest BCUT2D eigenvalue weighted by molar-refractivity contribution is 5.92. The van der Waals surface area contributed by atoms with E-state index in [1.807, 2.05) is 7.05 Å². The van der Waals surface area contributed by atoms with E-state index in [1.165, 1.54) is 6.20 Å². The monoisotopic (exact) mass is 256 g/mol. The van der Waals surface area contributed by atoms with Gasteiger partial charge in [-0.2, -0.15) is 0 Å². The first kappa shape index (κ1) is 13.9. The molecule has 0 bridgehead atoms. The first-order valence-electron chi connectivity index (χ1n) is 5.53. The van der Waals surface area contributed by atoms with Crippen LogP contribution in [0, 0.1) is 0 Å². The lowest BCUT2D eigenvalue weighted by atomic mass is 10.1. The van der Waals surface area contributed by atoms with Gasteiger partial charge in [0.2, 0.25) is 0 Å². The fourth-order valence-corrected chi connectivity index (χ4v) is 1.92. The molecule has 2 heterocycles. The van der Waals surface area contributed by atoms with Gasteiger partial charge in [-0.25, -0.2) is 4.98 Å². The summed E-state index contributed by atoms with van der Waals surface area (Å²) in [7, 11) is 1.83. The number of piperidine rings is 1. The van der Waals surface area contributed by atoms with Gasteiger partial charge in [-0.15, -0.1) is 12.4 Å². The summed E-state index contributed by atoms with van der Waals surface area (Å²) in [4.78, 5) is 21.7. The molecule has 0 unspecified atom stereocenters. The summed E-state index contributed by atoms with van der Waals surface area (Å²) in [5.74, 6) is -0.0539. The Morgan fingerprint density at radius 3 is 2.94 bits per heavy atom. The summed E-state index contributed by atoms with van der Waals surface area (Å²) >= 11 is 0. The van der Waals surface area contributed by atoms with Crippen molar-refractivity contribution in [2.75, 3.05) is 20.1 Å². The average Bonchev–Trinajstić information content (AvgIpc) is 2.39. The number of nitrogens with one attached hydrogen (secondary N) is 1. The maximum Gasteiger partial charge on any atom is 0.274 e. The van der Waals surface area contributed by atoms with Crippen LogP contribution in [0.5, 0.6) is 0 Å². The molecule has 5 nitrogen and oxygen atoms in total. The van der Waals surface area contributed by atoms with Crippen LogP contribution in [0.3, 0.4) is 0 Å². The summed E-state index contributed by atoms with van der Waals surface area (Å²) in [6.45, 7) is 1.91. The lowest BCUT2D eigenvalue weighted by Crippen LogP contribution is -2.46. The van der Waals surface area contributed by atoms with Gasteiger partial charge < -0.3 is 10.2 Å². The van der Waals surface area contributed by atoms with Crippen LogP contribution < -0.4 is 5.32 Å². The molecule has 1 aromatic heterocycles.